The van der Waals surface area contributed by atoms with Crippen molar-refractivity contribution < 1.29 is 4.79 Å². The number of nitrogens with one attached hydrogen (secondary N) is 2. The van der Waals surface area contributed by atoms with Crippen LogP contribution < -0.4 is 16.5 Å². The average molecular weight is 223 g/mol. The van der Waals surface area contributed by atoms with Crippen molar-refractivity contribution >= 4 is 5.91 Å². The first kappa shape index (κ1) is 12.4. The maximum absolute atomic E-state index is 11.7. The number of carbonyl (C=O) groups is 1. The molecule has 0 aliphatic rings. The highest BCUT2D eigenvalue weighted by molar-refractivity contribution is 5.93. The van der Waals surface area contributed by atoms with E-state index < -0.39 is 0 Å². The molecular weight excluding hydrogens is 206 g/mol. The number of pyridine rings is 1. The van der Waals surface area contributed by atoms with Crippen LogP contribution in [-0.4, -0.2) is 23.5 Å². The summed E-state index contributed by atoms with van der Waals surface area (Å²) >= 11 is 0. The van der Waals surface area contributed by atoms with Gasteiger partial charge in [0.25, 0.3) is 5.91 Å². The molecule has 0 saturated heterocycles. The van der Waals surface area contributed by atoms with Gasteiger partial charge < -0.3 is 16.0 Å². The Balaban J connectivity index is 2.72. The molecule has 1 unspecified atom stereocenters. The molecule has 1 heterocycles. The van der Waals surface area contributed by atoms with Gasteiger partial charge in [0, 0.05) is 24.5 Å². The minimum absolute atomic E-state index is 0.0251. The second-order valence-electron chi connectivity index (χ2n) is 3.58. The van der Waals surface area contributed by atoms with Gasteiger partial charge in [-0.05, 0) is 19.4 Å². The van der Waals surface area contributed by atoms with Crippen LogP contribution in [0, 0.1) is 0 Å². The summed E-state index contributed by atoms with van der Waals surface area (Å²) in [5.41, 5.74) is 5.29. The van der Waals surface area contributed by atoms with Crippen LogP contribution in [-0.2, 0) is 0 Å². The maximum atomic E-state index is 11.7. The zero-order chi connectivity index (χ0) is 12.0. The van der Waals surface area contributed by atoms with Gasteiger partial charge >= 0.3 is 0 Å². The van der Waals surface area contributed by atoms with E-state index in [1.54, 1.807) is 0 Å². The first-order valence-corrected chi connectivity index (χ1v) is 5.37. The molecule has 0 fully saturated rings. The molecule has 0 aliphatic heterocycles. The predicted octanol–water partition coefficient (Wildman–Crippen LogP) is 0.232. The van der Waals surface area contributed by atoms with Gasteiger partial charge in [0.2, 0.25) is 0 Å². The molecule has 0 aromatic carbocycles. The Morgan fingerprint density at radius 1 is 1.62 bits per heavy atom. The molecule has 1 rings (SSSR count). The van der Waals surface area contributed by atoms with Crippen LogP contribution in [0.15, 0.2) is 23.3 Å². The van der Waals surface area contributed by atoms with Crippen molar-refractivity contribution in [2.75, 3.05) is 6.54 Å². The third kappa shape index (κ3) is 3.20. The lowest BCUT2D eigenvalue weighted by Gasteiger charge is -2.15. The Kier molecular flexibility index (Phi) is 4.72. The van der Waals surface area contributed by atoms with Gasteiger partial charge in [0.1, 0.15) is 5.56 Å². The zero-order valence-electron chi connectivity index (χ0n) is 9.32. The van der Waals surface area contributed by atoms with Crippen molar-refractivity contribution in [2.45, 2.75) is 25.8 Å². The second kappa shape index (κ2) is 6.07. The van der Waals surface area contributed by atoms with E-state index in [1.807, 2.05) is 6.92 Å². The lowest BCUT2D eigenvalue weighted by atomic mass is 10.1. The van der Waals surface area contributed by atoms with Crippen molar-refractivity contribution in [2.24, 2.45) is 5.73 Å². The normalized spacial score (nSPS) is 12.1. The van der Waals surface area contributed by atoms with E-state index in [9.17, 15) is 9.59 Å². The third-order valence-corrected chi connectivity index (χ3v) is 2.41. The lowest BCUT2D eigenvalue weighted by molar-refractivity contribution is 0.0933. The zero-order valence-corrected chi connectivity index (χ0v) is 9.32. The van der Waals surface area contributed by atoms with E-state index in [2.05, 4.69) is 10.3 Å². The molecule has 0 spiro atoms. The maximum Gasteiger partial charge on any atom is 0.256 e. The van der Waals surface area contributed by atoms with E-state index in [4.69, 9.17) is 5.73 Å². The monoisotopic (exact) mass is 223 g/mol. The van der Waals surface area contributed by atoms with Crippen molar-refractivity contribution in [3.63, 3.8) is 0 Å². The van der Waals surface area contributed by atoms with Crippen LogP contribution in [0.1, 0.15) is 30.1 Å². The average Bonchev–Trinajstić information content (AvgIpc) is 2.28. The van der Waals surface area contributed by atoms with Crippen LogP contribution in [0.5, 0.6) is 0 Å². The van der Waals surface area contributed by atoms with Crippen LogP contribution in [0.25, 0.3) is 0 Å². The van der Waals surface area contributed by atoms with Gasteiger partial charge in [-0.1, -0.05) is 6.92 Å². The Morgan fingerprint density at radius 3 is 2.94 bits per heavy atom. The lowest BCUT2D eigenvalue weighted by Crippen LogP contribution is -2.38. The van der Waals surface area contributed by atoms with E-state index in [1.165, 1.54) is 18.5 Å². The number of H-pyrrole nitrogens is 1. The molecule has 88 valence electrons. The molecule has 0 saturated carbocycles. The minimum atomic E-state index is -0.345. The molecule has 5 nitrogen and oxygen atoms in total. The molecule has 0 bridgehead atoms. The van der Waals surface area contributed by atoms with E-state index in [0.29, 0.717) is 13.0 Å². The van der Waals surface area contributed by atoms with E-state index in [-0.39, 0.29) is 22.9 Å². The number of hydrogen-bond donors (Lipinski definition) is 3. The highest BCUT2D eigenvalue weighted by Gasteiger charge is 2.13. The summed E-state index contributed by atoms with van der Waals surface area (Å²) in [6.07, 6.45) is 4.42. The molecule has 0 aliphatic carbocycles. The number of aromatic nitrogens is 1. The van der Waals surface area contributed by atoms with Crippen LogP contribution >= 0.6 is 0 Å². The molecule has 4 N–H and O–H groups in total. The number of rotatable bonds is 5. The van der Waals surface area contributed by atoms with Gasteiger partial charge in [-0.25, -0.2) is 0 Å². The standard InChI is InChI=1S/C11H17N3O2/c1-2-8(3-5-12)14-11(16)9-7-13-6-4-10(9)15/h4,6-8H,2-3,5,12H2,1H3,(H,13,15)(H,14,16). The summed E-state index contributed by atoms with van der Waals surface area (Å²) in [5, 5.41) is 2.79. The van der Waals surface area contributed by atoms with Gasteiger partial charge in [-0.15, -0.1) is 0 Å². The smallest absolute Gasteiger partial charge is 0.256 e. The molecule has 0 radical (unpaired) electrons. The van der Waals surface area contributed by atoms with Crippen molar-refractivity contribution in [1.82, 2.24) is 10.3 Å². The van der Waals surface area contributed by atoms with E-state index >= 15 is 0 Å². The molecule has 1 amide bonds. The van der Waals surface area contributed by atoms with Crippen LogP contribution in [0.2, 0.25) is 0 Å². The van der Waals surface area contributed by atoms with Gasteiger partial charge in [0.15, 0.2) is 5.43 Å². The summed E-state index contributed by atoms with van der Waals surface area (Å²) in [6.45, 7) is 2.49. The van der Waals surface area contributed by atoms with Gasteiger partial charge in [-0.2, -0.15) is 0 Å². The van der Waals surface area contributed by atoms with Crippen molar-refractivity contribution in [1.29, 1.82) is 0 Å². The molecular formula is C11H17N3O2. The van der Waals surface area contributed by atoms with Crippen LogP contribution in [0.4, 0.5) is 0 Å². The van der Waals surface area contributed by atoms with Crippen LogP contribution in [0.3, 0.4) is 0 Å². The number of hydrogen-bond acceptors (Lipinski definition) is 3. The molecule has 5 heteroatoms. The molecule has 1 atom stereocenters. The Hall–Kier alpha value is -1.62. The molecule has 16 heavy (non-hydrogen) atoms. The number of amides is 1. The highest BCUT2D eigenvalue weighted by Crippen LogP contribution is 1.98. The first-order valence-electron chi connectivity index (χ1n) is 5.37. The largest absolute Gasteiger partial charge is 0.367 e. The number of carbonyl (C=O) groups excluding carboxylic acids is 1. The molecule has 1 aromatic rings. The number of nitrogens with two attached hydrogens (primary N) is 1. The minimum Gasteiger partial charge on any atom is -0.367 e. The highest BCUT2D eigenvalue weighted by atomic mass is 16.2. The van der Waals surface area contributed by atoms with Gasteiger partial charge in [-0.3, -0.25) is 9.59 Å². The Bertz CT molecular complexity index is 400. The fourth-order valence-electron chi connectivity index (χ4n) is 1.44. The topological polar surface area (TPSA) is 88.0 Å². The van der Waals surface area contributed by atoms with Crippen molar-refractivity contribution in [3.05, 3.63) is 34.2 Å². The fraction of sp³-hybridized carbons (Fsp3) is 0.455. The number of aromatic amines is 1. The SMILES string of the molecule is CCC(CCN)NC(=O)c1c[nH]ccc1=O. The summed E-state index contributed by atoms with van der Waals surface area (Å²) in [5.74, 6) is -0.345. The quantitative estimate of drug-likeness (QED) is 0.667. The fourth-order valence-corrected chi connectivity index (χ4v) is 1.44. The summed E-state index contributed by atoms with van der Waals surface area (Å²) in [4.78, 5) is 25.8. The Labute approximate surface area is 94.1 Å². The summed E-state index contributed by atoms with van der Waals surface area (Å²) < 4.78 is 0. The van der Waals surface area contributed by atoms with Gasteiger partial charge in [0.05, 0.1) is 0 Å². The second-order valence-corrected chi connectivity index (χ2v) is 3.58. The summed E-state index contributed by atoms with van der Waals surface area (Å²) in [7, 11) is 0. The third-order valence-electron chi connectivity index (χ3n) is 2.41. The van der Waals surface area contributed by atoms with Crippen molar-refractivity contribution in [3.8, 4) is 0 Å². The summed E-state index contributed by atoms with van der Waals surface area (Å²) in [6, 6.07) is 1.36. The molecule has 1 aromatic heterocycles. The first-order chi connectivity index (χ1) is 7.69. The predicted molar refractivity (Wildman–Crippen MR) is 62.3 cm³/mol. The van der Waals surface area contributed by atoms with E-state index in [0.717, 1.165) is 6.42 Å². The Morgan fingerprint density at radius 2 is 2.38 bits per heavy atom.